The topological polar surface area (TPSA) is 87.6 Å². The number of hydrogen-bond acceptors (Lipinski definition) is 4. The van der Waals surface area contributed by atoms with Crippen molar-refractivity contribution in [1.29, 1.82) is 0 Å². The van der Waals surface area contributed by atoms with Crippen LogP contribution in [0.3, 0.4) is 0 Å². The third kappa shape index (κ3) is 6.29. The van der Waals surface area contributed by atoms with E-state index in [-0.39, 0.29) is 17.2 Å². The zero-order chi connectivity index (χ0) is 23.1. The number of amides is 1. The quantitative estimate of drug-likeness (QED) is 0.553. The molecule has 0 aliphatic carbocycles. The number of sulfonamides is 1. The molecule has 0 fully saturated rings. The van der Waals surface area contributed by atoms with Crippen LogP contribution >= 0.6 is 0 Å². The van der Waals surface area contributed by atoms with Crippen LogP contribution in [0.5, 0.6) is 0 Å². The molecule has 1 aliphatic rings. The minimum atomic E-state index is -3.69. The molecule has 0 radical (unpaired) electrons. The van der Waals surface area contributed by atoms with Gasteiger partial charge in [-0.25, -0.2) is 8.42 Å². The maximum absolute atomic E-state index is 12.6. The van der Waals surface area contributed by atoms with Crippen LogP contribution in [0.1, 0.15) is 31.2 Å². The standard InChI is InChI=1S/C26H27N3O3S/c30-26(19-20-10-12-22(13-11-20)21-7-3-1-4-8-21)28-23-14-16-24(17-15-23)33(31,32)29-25-9-5-2-6-18-27-25/h1,3-4,7-8,10-17H,2,5-6,9,18-19H2,(H,27,29)(H,28,30). The van der Waals surface area contributed by atoms with E-state index in [1.165, 1.54) is 12.1 Å². The fourth-order valence-corrected chi connectivity index (χ4v) is 4.81. The predicted octanol–water partition coefficient (Wildman–Crippen LogP) is 4.79. The van der Waals surface area contributed by atoms with Crippen molar-refractivity contribution in [2.45, 2.75) is 37.0 Å². The van der Waals surface area contributed by atoms with Gasteiger partial charge in [0, 0.05) is 18.7 Å². The molecular formula is C26H27N3O3S. The molecule has 1 aliphatic heterocycles. The second-order valence-corrected chi connectivity index (χ2v) is 9.74. The number of hydrogen-bond donors (Lipinski definition) is 2. The Balaban J connectivity index is 1.34. The molecule has 170 valence electrons. The molecule has 4 rings (SSSR count). The molecular weight excluding hydrogens is 434 g/mol. The SMILES string of the molecule is O=C(Cc1ccc(-c2ccccc2)cc1)Nc1ccc(S(=O)(=O)NC2=NCCCCC2)cc1. The van der Waals surface area contributed by atoms with Gasteiger partial charge in [0.15, 0.2) is 0 Å². The molecule has 0 spiro atoms. The van der Waals surface area contributed by atoms with Crippen molar-refractivity contribution in [2.24, 2.45) is 4.99 Å². The molecule has 6 nitrogen and oxygen atoms in total. The average molecular weight is 462 g/mol. The molecule has 3 aromatic rings. The maximum atomic E-state index is 12.6. The number of aliphatic imine (C=N–C) groups is 1. The van der Waals surface area contributed by atoms with Crippen molar-refractivity contribution in [3.8, 4) is 11.1 Å². The van der Waals surface area contributed by atoms with E-state index < -0.39 is 10.0 Å². The summed E-state index contributed by atoms with van der Waals surface area (Å²) in [5.74, 6) is 0.354. The van der Waals surface area contributed by atoms with E-state index in [1.807, 2.05) is 54.6 Å². The fourth-order valence-electron chi connectivity index (χ4n) is 3.73. The van der Waals surface area contributed by atoms with Crippen LogP contribution in [-0.4, -0.2) is 26.7 Å². The molecule has 0 unspecified atom stereocenters. The lowest BCUT2D eigenvalue weighted by atomic mass is 10.0. The second-order valence-electron chi connectivity index (χ2n) is 8.06. The van der Waals surface area contributed by atoms with Crippen LogP contribution in [0.15, 0.2) is 88.8 Å². The van der Waals surface area contributed by atoms with Crippen molar-refractivity contribution >= 4 is 27.5 Å². The van der Waals surface area contributed by atoms with Crippen molar-refractivity contribution in [2.75, 3.05) is 11.9 Å². The monoisotopic (exact) mass is 461 g/mol. The maximum Gasteiger partial charge on any atom is 0.262 e. The number of amidine groups is 1. The lowest BCUT2D eigenvalue weighted by molar-refractivity contribution is -0.115. The Labute approximate surface area is 194 Å². The van der Waals surface area contributed by atoms with E-state index >= 15 is 0 Å². The highest BCUT2D eigenvalue weighted by atomic mass is 32.2. The van der Waals surface area contributed by atoms with E-state index in [4.69, 9.17) is 0 Å². The van der Waals surface area contributed by atoms with Crippen molar-refractivity contribution in [3.63, 3.8) is 0 Å². The first kappa shape index (κ1) is 22.7. The van der Waals surface area contributed by atoms with Gasteiger partial charge in [-0.3, -0.25) is 14.5 Å². The number of anilines is 1. The Hall–Kier alpha value is -3.45. The van der Waals surface area contributed by atoms with Crippen molar-refractivity contribution in [3.05, 3.63) is 84.4 Å². The third-order valence-electron chi connectivity index (χ3n) is 5.50. The summed E-state index contributed by atoms with van der Waals surface area (Å²) in [4.78, 5) is 16.9. The first-order chi connectivity index (χ1) is 16.0. The highest BCUT2D eigenvalue weighted by molar-refractivity contribution is 7.90. The van der Waals surface area contributed by atoms with Crippen LogP contribution < -0.4 is 10.0 Å². The summed E-state index contributed by atoms with van der Waals surface area (Å²) in [6.45, 7) is 0.651. The largest absolute Gasteiger partial charge is 0.326 e. The lowest BCUT2D eigenvalue weighted by Crippen LogP contribution is -2.30. The lowest BCUT2D eigenvalue weighted by Gasteiger charge is -2.11. The van der Waals surface area contributed by atoms with E-state index in [0.29, 0.717) is 24.5 Å². The van der Waals surface area contributed by atoms with Gasteiger partial charge in [0.2, 0.25) is 5.91 Å². The van der Waals surface area contributed by atoms with Crippen LogP contribution in [0.2, 0.25) is 0 Å². The zero-order valence-corrected chi connectivity index (χ0v) is 19.1. The highest BCUT2D eigenvalue weighted by Gasteiger charge is 2.17. The predicted molar refractivity (Wildman–Crippen MR) is 132 cm³/mol. The molecule has 1 heterocycles. The van der Waals surface area contributed by atoms with Gasteiger partial charge >= 0.3 is 0 Å². The average Bonchev–Trinajstić information content (AvgIpc) is 3.08. The Morgan fingerprint density at radius 3 is 2.24 bits per heavy atom. The summed E-state index contributed by atoms with van der Waals surface area (Å²) in [5.41, 5.74) is 3.68. The molecule has 1 amide bonds. The molecule has 0 atom stereocenters. The Morgan fingerprint density at radius 1 is 0.818 bits per heavy atom. The zero-order valence-electron chi connectivity index (χ0n) is 18.3. The fraction of sp³-hybridized carbons (Fsp3) is 0.231. The van der Waals surface area contributed by atoms with Gasteiger partial charge in [-0.2, -0.15) is 0 Å². The Kier molecular flexibility index (Phi) is 7.19. The van der Waals surface area contributed by atoms with E-state index in [2.05, 4.69) is 15.0 Å². The normalized spacial score (nSPS) is 14.1. The van der Waals surface area contributed by atoms with Gasteiger partial charge in [0.05, 0.1) is 11.3 Å². The first-order valence-electron chi connectivity index (χ1n) is 11.1. The first-order valence-corrected chi connectivity index (χ1v) is 12.6. The number of nitrogens with zero attached hydrogens (tertiary/aromatic N) is 1. The summed E-state index contributed by atoms with van der Waals surface area (Å²) in [7, 11) is -3.69. The summed E-state index contributed by atoms with van der Waals surface area (Å²) < 4.78 is 27.9. The van der Waals surface area contributed by atoms with Gasteiger partial charge in [0.1, 0.15) is 5.84 Å². The molecule has 0 bridgehead atoms. The van der Waals surface area contributed by atoms with Gasteiger partial charge in [-0.15, -0.1) is 0 Å². The third-order valence-corrected chi connectivity index (χ3v) is 6.90. The molecule has 0 saturated heterocycles. The summed E-state index contributed by atoms with van der Waals surface area (Å²) in [5, 5.41) is 2.83. The molecule has 2 N–H and O–H groups in total. The number of rotatable bonds is 6. The number of benzene rings is 3. The second kappa shape index (κ2) is 10.4. The smallest absolute Gasteiger partial charge is 0.262 e. The molecule has 7 heteroatoms. The summed E-state index contributed by atoms with van der Waals surface area (Å²) >= 11 is 0. The summed E-state index contributed by atoms with van der Waals surface area (Å²) in [6, 6.07) is 24.1. The van der Waals surface area contributed by atoms with E-state index in [0.717, 1.165) is 36.0 Å². The minimum absolute atomic E-state index is 0.143. The molecule has 0 aromatic heterocycles. The number of carbonyl (C=O) groups is 1. The number of carbonyl (C=O) groups excluding carboxylic acids is 1. The van der Waals surface area contributed by atoms with Crippen molar-refractivity contribution < 1.29 is 13.2 Å². The van der Waals surface area contributed by atoms with E-state index in [1.54, 1.807) is 12.1 Å². The molecule has 33 heavy (non-hydrogen) atoms. The number of nitrogens with one attached hydrogen (secondary N) is 2. The van der Waals surface area contributed by atoms with Crippen LogP contribution in [-0.2, 0) is 21.2 Å². The van der Waals surface area contributed by atoms with Gasteiger partial charge in [-0.05, 0) is 53.8 Å². The Morgan fingerprint density at radius 2 is 1.52 bits per heavy atom. The van der Waals surface area contributed by atoms with Gasteiger partial charge in [0.25, 0.3) is 10.0 Å². The van der Waals surface area contributed by atoms with Gasteiger partial charge < -0.3 is 5.32 Å². The minimum Gasteiger partial charge on any atom is -0.326 e. The Bertz CT molecular complexity index is 1220. The highest BCUT2D eigenvalue weighted by Crippen LogP contribution is 2.20. The molecule has 3 aromatic carbocycles. The summed E-state index contributed by atoms with van der Waals surface area (Å²) in [6.07, 6.45) is 3.84. The van der Waals surface area contributed by atoms with E-state index in [9.17, 15) is 13.2 Å². The van der Waals surface area contributed by atoms with Crippen LogP contribution in [0, 0.1) is 0 Å². The van der Waals surface area contributed by atoms with Gasteiger partial charge in [-0.1, -0.05) is 61.0 Å². The van der Waals surface area contributed by atoms with Crippen LogP contribution in [0.4, 0.5) is 5.69 Å². The molecule has 0 saturated carbocycles. The van der Waals surface area contributed by atoms with Crippen LogP contribution in [0.25, 0.3) is 11.1 Å². The van der Waals surface area contributed by atoms with Crippen molar-refractivity contribution in [1.82, 2.24) is 4.72 Å².